The van der Waals surface area contributed by atoms with Crippen molar-refractivity contribution in [1.29, 1.82) is 0 Å². The molecular formula is C16H14Cl2O2S. The molecule has 0 saturated heterocycles. The van der Waals surface area contributed by atoms with Gasteiger partial charge < -0.3 is 0 Å². The average molecular weight is 341 g/mol. The molecule has 0 saturated carbocycles. The van der Waals surface area contributed by atoms with Gasteiger partial charge in [0, 0.05) is 10.6 Å². The number of hydrogen-bond donors (Lipinski definition) is 0. The number of halogens is 2. The minimum Gasteiger partial charge on any atom is -0.293 e. The summed E-state index contributed by atoms with van der Waals surface area (Å²) >= 11 is 11.9. The van der Waals surface area contributed by atoms with Crippen LogP contribution in [0.2, 0.25) is 10.0 Å². The molecule has 0 aromatic heterocycles. The van der Waals surface area contributed by atoms with E-state index in [1.54, 1.807) is 12.1 Å². The molecule has 21 heavy (non-hydrogen) atoms. The Morgan fingerprint density at radius 3 is 2.52 bits per heavy atom. The van der Waals surface area contributed by atoms with Crippen molar-refractivity contribution in [2.24, 2.45) is 0 Å². The van der Waals surface area contributed by atoms with Gasteiger partial charge in [0.15, 0.2) is 5.78 Å². The first kappa shape index (κ1) is 16.2. The van der Waals surface area contributed by atoms with Gasteiger partial charge in [-0.2, -0.15) is 0 Å². The summed E-state index contributed by atoms with van der Waals surface area (Å²) in [5, 5.41) is 0.799. The maximum absolute atomic E-state index is 12.3. The summed E-state index contributed by atoms with van der Waals surface area (Å²) in [4.78, 5) is 12.7. The van der Waals surface area contributed by atoms with Crippen molar-refractivity contribution >= 4 is 39.8 Å². The van der Waals surface area contributed by atoms with Gasteiger partial charge in [0.2, 0.25) is 0 Å². The lowest BCUT2D eigenvalue weighted by molar-refractivity contribution is 0.102. The lowest BCUT2D eigenvalue weighted by Gasteiger charge is -2.08. The van der Waals surface area contributed by atoms with E-state index in [0.29, 0.717) is 20.5 Å². The van der Waals surface area contributed by atoms with Gasteiger partial charge in [0.25, 0.3) is 0 Å². The highest BCUT2D eigenvalue weighted by atomic mass is 35.5. The van der Waals surface area contributed by atoms with Crippen molar-refractivity contribution in [2.45, 2.75) is 18.7 Å². The average Bonchev–Trinajstić information content (AvgIpc) is 2.43. The van der Waals surface area contributed by atoms with E-state index in [2.05, 4.69) is 0 Å². The lowest BCUT2D eigenvalue weighted by Crippen LogP contribution is -2.13. The monoisotopic (exact) mass is 340 g/mol. The second-order valence-corrected chi connectivity index (χ2v) is 7.07. The van der Waals surface area contributed by atoms with Crippen molar-refractivity contribution in [3.05, 3.63) is 63.1 Å². The van der Waals surface area contributed by atoms with Gasteiger partial charge in [0.05, 0.1) is 26.5 Å². The van der Waals surface area contributed by atoms with Crippen LogP contribution >= 0.6 is 23.2 Å². The first-order valence-corrected chi connectivity index (χ1v) is 8.40. The number of carbonyl (C=O) groups excluding carboxylic acids is 1. The van der Waals surface area contributed by atoms with E-state index in [9.17, 15) is 9.00 Å². The molecule has 5 heteroatoms. The Morgan fingerprint density at radius 2 is 1.81 bits per heavy atom. The van der Waals surface area contributed by atoms with Crippen LogP contribution in [0.1, 0.15) is 21.5 Å². The highest BCUT2D eigenvalue weighted by molar-refractivity contribution is 7.86. The number of rotatable bonds is 4. The predicted molar refractivity (Wildman–Crippen MR) is 88.0 cm³/mol. The molecule has 0 amide bonds. The van der Waals surface area contributed by atoms with E-state index in [1.807, 2.05) is 32.0 Å². The van der Waals surface area contributed by atoms with Crippen molar-refractivity contribution < 1.29 is 9.00 Å². The van der Waals surface area contributed by atoms with Crippen molar-refractivity contribution in [2.75, 3.05) is 5.75 Å². The topological polar surface area (TPSA) is 34.1 Å². The molecule has 2 rings (SSSR count). The molecule has 0 fully saturated rings. The maximum Gasteiger partial charge on any atom is 0.175 e. The molecule has 0 spiro atoms. The summed E-state index contributed by atoms with van der Waals surface area (Å²) < 4.78 is 12.3. The zero-order valence-corrected chi connectivity index (χ0v) is 14.0. The van der Waals surface area contributed by atoms with E-state index in [-0.39, 0.29) is 11.5 Å². The van der Waals surface area contributed by atoms with E-state index < -0.39 is 10.8 Å². The van der Waals surface area contributed by atoms with Gasteiger partial charge in [-0.05, 0) is 43.7 Å². The number of hydrogen-bond acceptors (Lipinski definition) is 2. The summed E-state index contributed by atoms with van der Waals surface area (Å²) in [6, 6.07) is 10.4. The lowest BCUT2D eigenvalue weighted by atomic mass is 10.0. The molecule has 0 aliphatic carbocycles. The third-order valence-corrected chi connectivity index (χ3v) is 5.12. The fourth-order valence-electron chi connectivity index (χ4n) is 1.96. The summed E-state index contributed by atoms with van der Waals surface area (Å²) in [7, 11) is -1.52. The second kappa shape index (κ2) is 6.73. The van der Waals surface area contributed by atoms with Crippen LogP contribution in [0.25, 0.3) is 0 Å². The van der Waals surface area contributed by atoms with Crippen LogP contribution in [-0.2, 0) is 10.8 Å². The van der Waals surface area contributed by atoms with Gasteiger partial charge in [-0.1, -0.05) is 40.9 Å². The van der Waals surface area contributed by atoms with Gasteiger partial charge in [-0.25, -0.2) is 0 Å². The second-order valence-electron chi connectivity index (χ2n) is 4.81. The number of carbonyl (C=O) groups is 1. The van der Waals surface area contributed by atoms with Crippen LogP contribution in [0.4, 0.5) is 0 Å². The fourth-order valence-corrected chi connectivity index (χ4v) is 3.67. The Morgan fingerprint density at radius 1 is 1.10 bits per heavy atom. The molecule has 2 aromatic rings. The molecule has 0 aliphatic heterocycles. The number of benzene rings is 2. The summed E-state index contributed by atoms with van der Waals surface area (Å²) in [5.74, 6) is -0.268. The van der Waals surface area contributed by atoms with E-state index in [0.717, 1.165) is 11.1 Å². The van der Waals surface area contributed by atoms with Gasteiger partial charge in [0.1, 0.15) is 0 Å². The molecule has 2 nitrogen and oxygen atoms in total. The Bertz CT molecular complexity index is 665. The van der Waals surface area contributed by atoms with Crippen LogP contribution in [0.5, 0.6) is 0 Å². The highest BCUT2D eigenvalue weighted by Gasteiger charge is 2.16. The van der Waals surface area contributed by atoms with Crippen LogP contribution in [0, 0.1) is 13.8 Å². The van der Waals surface area contributed by atoms with Crippen molar-refractivity contribution in [1.82, 2.24) is 0 Å². The Labute approximate surface area is 136 Å². The van der Waals surface area contributed by atoms with Crippen LogP contribution in [0.15, 0.2) is 41.3 Å². The standard InChI is InChI=1S/C16H14Cl2O2S/c1-10-3-4-11(2)13(7-10)15(19)9-21(20)16-8-12(17)5-6-14(16)18/h3-8H,9H2,1-2H3. The predicted octanol–water partition coefficient (Wildman–Crippen LogP) is 4.60. The zero-order valence-electron chi connectivity index (χ0n) is 11.7. The molecule has 0 aliphatic rings. The minimum atomic E-state index is -1.52. The number of Topliss-reactive ketones (excluding diaryl/α,β-unsaturated/α-hetero) is 1. The van der Waals surface area contributed by atoms with Crippen molar-refractivity contribution in [3.63, 3.8) is 0 Å². The first-order chi connectivity index (χ1) is 9.88. The van der Waals surface area contributed by atoms with Crippen LogP contribution in [0.3, 0.4) is 0 Å². The smallest absolute Gasteiger partial charge is 0.175 e. The zero-order chi connectivity index (χ0) is 15.6. The maximum atomic E-state index is 12.3. The summed E-state index contributed by atoms with van der Waals surface area (Å²) in [6.07, 6.45) is 0. The van der Waals surface area contributed by atoms with E-state index in [4.69, 9.17) is 23.2 Å². The van der Waals surface area contributed by atoms with E-state index >= 15 is 0 Å². The SMILES string of the molecule is Cc1ccc(C)c(C(=O)CS(=O)c2cc(Cl)ccc2Cl)c1. The van der Waals surface area contributed by atoms with Crippen molar-refractivity contribution in [3.8, 4) is 0 Å². The van der Waals surface area contributed by atoms with Gasteiger partial charge in [-0.15, -0.1) is 0 Å². The quantitative estimate of drug-likeness (QED) is 0.762. The molecular weight excluding hydrogens is 327 g/mol. The largest absolute Gasteiger partial charge is 0.293 e. The number of aryl methyl sites for hydroxylation is 2. The molecule has 1 unspecified atom stereocenters. The first-order valence-electron chi connectivity index (χ1n) is 6.32. The normalized spacial score (nSPS) is 12.2. The van der Waals surface area contributed by atoms with Gasteiger partial charge in [-0.3, -0.25) is 9.00 Å². The summed E-state index contributed by atoms with van der Waals surface area (Å²) in [6.45, 7) is 3.78. The molecule has 1 atom stereocenters. The third-order valence-electron chi connectivity index (χ3n) is 3.09. The molecule has 0 bridgehead atoms. The number of ketones is 1. The Hall–Kier alpha value is -1.16. The third kappa shape index (κ3) is 3.94. The molecule has 0 radical (unpaired) electrons. The Balaban J connectivity index is 2.25. The summed E-state index contributed by atoms with van der Waals surface area (Å²) in [5.41, 5.74) is 2.47. The van der Waals surface area contributed by atoms with Gasteiger partial charge >= 0.3 is 0 Å². The van der Waals surface area contributed by atoms with E-state index in [1.165, 1.54) is 6.07 Å². The fraction of sp³-hybridized carbons (Fsp3) is 0.188. The Kier molecular flexibility index (Phi) is 5.20. The minimum absolute atomic E-state index is 0.107. The highest BCUT2D eigenvalue weighted by Crippen LogP contribution is 2.24. The van der Waals surface area contributed by atoms with Crippen LogP contribution in [-0.4, -0.2) is 15.7 Å². The molecule has 0 heterocycles. The van der Waals surface area contributed by atoms with Crippen LogP contribution < -0.4 is 0 Å². The molecule has 110 valence electrons. The molecule has 0 N–H and O–H groups in total. The molecule has 2 aromatic carbocycles.